The minimum atomic E-state index is -0.518. The maximum absolute atomic E-state index is 12.9. The Bertz CT molecular complexity index is 1300. The fourth-order valence-corrected chi connectivity index (χ4v) is 4.72. The number of hydrogen-bond donors (Lipinski definition) is 0. The van der Waals surface area contributed by atoms with Crippen molar-refractivity contribution in [1.82, 2.24) is 9.47 Å². The van der Waals surface area contributed by atoms with Crippen molar-refractivity contribution in [2.75, 3.05) is 13.2 Å². The minimum Gasteiger partial charge on any atom is -0.465 e. The van der Waals surface area contributed by atoms with E-state index in [1.165, 1.54) is 0 Å². The lowest BCUT2D eigenvalue weighted by atomic mass is 10.1. The van der Waals surface area contributed by atoms with Gasteiger partial charge in [0.15, 0.2) is 5.78 Å². The van der Waals surface area contributed by atoms with Crippen molar-refractivity contribution in [3.63, 3.8) is 0 Å². The fraction of sp³-hybridized carbons (Fsp3) is 0.167. The summed E-state index contributed by atoms with van der Waals surface area (Å²) < 4.78 is 7.63. The SMILES string of the molecule is CCOC(=O)Cn1cc(/C=C2\SC(=O)N(CC(=O)c3ccccc3)C2=O)c2cc(Br)ccc21. The highest BCUT2D eigenvalue weighted by Crippen LogP contribution is 2.35. The van der Waals surface area contributed by atoms with E-state index in [1.807, 2.05) is 18.2 Å². The Morgan fingerprint density at radius 2 is 1.85 bits per heavy atom. The van der Waals surface area contributed by atoms with Gasteiger partial charge in [-0.2, -0.15) is 0 Å². The number of aromatic nitrogens is 1. The number of nitrogens with zero attached hydrogens (tertiary/aromatic N) is 2. The number of Topliss-reactive ketones (excluding diaryl/α,β-unsaturated/α-hetero) is 1. The number of fused-ring (bicyclic) bond motifs is 1. The fourth-order valence-electron chi connectivity index (χ4n) is 3.52. The summed E-state index contributed by atoms with van der Waals surface area (Å²) >= 11 is 4.24. The molecule has 2 heterocycles. The number of hydrogen-bond acceptors (Lipinski definition) is 6. The first-order chi connectivity index (χ1) is 15.9. The lowest BCUT2D eigenvalue weighted by molar-refractivity contribution is -0.143. The van der Waals surface area contributed by atoms with Gasteiger partial charge in [-0.25, -0.2) is 0 Å². The molecule has 0 atom stereocenters. The van der Waals surface area contributed by atoms with Crippen LogP contribution in [0.1, 0.15) is 22.8 Å². The van der Waals surface area contributed by atoms with Crippen LogP contribution in [0.4, 0.5) is 4.79 Å². The number of carbonyl (C=O) groups excluding carboxylic acids is 4. The molecule has 0 saturated carbocycles. The Labute approximate surface area is 202 Å². The molecule has 3 aromatic rings. The smallest absolute Gasteiger partial charge is 0.325 e. The lowest BCUT2D eigenvalue weighted by Crippen LogP contribution is -2.33. The molecule has 33 heavy (non-hydrogen) atoms. The molecule has 0 aliphatic carbocycles. The predicted molar refractivity (Wildman–Crippen MR) is 130 cm³/mol. The largest absolute Gasteiger partial charge is 0.465 e. The van der Waals surface area contributed by atoms with E-state index >= 15 is 0 Å². The molecule has 168 valence electrons. The normalized spacial score (nSPS) is 15.0. The van der Waals surface area contributed by atoms with Gasteiger partial charge in [-0.1, -0.05) is 46.3 Å². The molecule has 7 nitrogen and oxygen atoms in total. The van der Waals surface area contributed by atoms with E-state index in [0.717, 1.165) is 32.0 Å². The first-order valence-electron chi connectivity index (χ1n) is 10.1. The summed E-state index contributed by atoms with van der Waals surface area (Å²) in [5.41, 5.74) is 1.90. The summed E-state index contributed by atoms with van der Waals surface area (Å²) in [6, 6.07) is 14.1. The third kappa shape index (κ3) is 4.94. The van der Waals surface area contributed by atoms with Gasteiger partial charge in [0, 0.05) is 32.7 Å². The summed E-state index contributed by atoms with van der Waals surface area (Å²) in [5.74, 6) is -1.20. The van der Waals surface area contributed by atoms with Crippen molar-refractivity contribution in [3.8, 4) is 0 Å². The zero-order valence-electron chi connectivity index (χ0n) is 17.6. The molecule has 0 N–H and O–H groups in total. The van der Waals surface area contributed by atoms with Crippen LogP contribution in [0.15, 0.2) is 64.1 Å². The first kappa shape index (κ1) is 23.0. The summed E-state index contributed by atoms with van der Waals surface area (Å²) in [4.78, 5) is 51.1. The van der Waals surface area contributed by atoms with Crippen molar-refractivity contribution < 1.29 is 23.9 Å². The number of esters is 1. The molecular weight excluding hydrogens is 508 g/mol. The first-order valence-corrected chi connectivity index (χ1v) is 11.8. The molecule has 0 bridgehead atoms. The van der Waals surface area contributed by atoms with Gasteiger partial charge in [-0.3, -0.25) is 24.1 Å². The van der Waals surface area contributed by atoms with Crippen LogP contribution in [0.5, 0.6) is 0 Å². The number of ketones is 1. The maximum atomic E-state index is 12.9. The molecule has 0 radical (unpaired) electrons. The number of imide groups is 1. The molecule has 4 rings (SSSR count). The van der Waals surface area contributed by atoms with Crippen molar-refractivity contribution in [2.45, 2.75) is 13.5 Å². The number of amides is 2. The molecule has 1 aromatic heterocycles. The van der Waals surface area contributed by atoms with Crippen molar-refractivity contribution in [3.05, 3.63) is 75.2 Å². The van der Waals surface area contributed by atoms with E-state index in [1.54, 1.807) is 54.1 Å². The molecule has 2 aromatic carbocycles. The van der Waals surface area contributed by atoms with Crippen LogP contribution in [-0.4, -0.2) is 45.5 Å². The standard InChI is InChI=1S/C24H19BrN2O5S/c1-2-32-22(29)14-26-12-16(18-11-17(25)8-9-19(18)26)10-21-23(30)27(24(31)33-21)13-20(28)15-6-4-3-5-7-15/h3-12H,2,13-14H2,1H3/b21-10-. The molecule has 0 unspecified atom stereocenters. The van der Waals surface area contributed by atoms with Gasteiger partial charge in [0.1, 0.15) is 6.54 Å². The van der Waals surface area contributed by atoms with Crippen molar-refractivity contribution in [1.29, 1.82) is 0 Å². The Morgan fingerprint density at radius 1 is 1.09 bits per heavy atom. The van der Waals surface area contributed by atoms with Gasteiger partial charge in [0.05, 0.1) is 18.1 Å². The molecule has 1 saturated heterocycles. The monoisotopic (exact) mass is 526 g/mol. The molecule has 1 aliphatic heterocycles. The van der Waals surface area contributed by atoms with Crippen LogP contribution < -0.4 is 0 Å². The highest BCUT2D eigenvalue weighted by atomic mass is 79.9. The Kier molecular flexibility index (Phi) is 6.80. The quantitative estimate of drug-likeness (QED) is 0.247. The molecule has 9 heteroatoms. The number of ether oxygens (including phenoxy) is 1. The Morgan fingerprint density at radius 3 is 2.58 bits per heavy atom. The highest BCUT2D eigenvalue weighted by Gasteiger charge is 2.36. The zero-order valence-corrected chi connectivity index (χ0v) is 20.0. The van der Waals surface area contributed by atoms with Crippen LogP contribution in [-0.2, 0) is 20.9 Å². The maximum Gasteiger partial charge on any atom is 0.325 e. The third-order valence-corrected chi connectivity index (χ3v) is 6.44. The minimum absolute atomic E-state index is 0.0207. The molecular formula is C24H19BrN2O5S. The second-order valence-corrected chi connectivity index (χ2v) is 9.14. The van der Waals surface area contributed by atoms with Crippen molar-refractivity contribution >= 4 is 67.6 Å². The molecule has 1 aliphatic rings. The van der Waals surface area contributed by atoms with E-state index in [-0.39, 0.29) is 36.4 Å². The Balaban J connectivity index is 1.63. The average Bonchev–Trinajstić information content (AvgIpc) is 3.25. The molecule has 1 fully saturated rings. The number of halogens is 1. The van der Waals surface area contributed by atoms with E-state index in [9.17, 15) is 19.2 Å². The topological polar surface area (TPSA) is 85.7 Å². The lowest BCUT2D eigenvalue weighted by Gasteiger charge is -2.11. The van der Waals surface area contributed by atoms with Crippen LogP contribution in [0.3, 0.4) is 0 Å². The van der Waals surface area contributed by atoms with Gasteiger partial charge in [0.2, 0.25) is 0 Å². The summed E-state index contributed by atoms with van der Waals surface area (Å²) in [5, 5.41) is 0.313. The second-order valence-electron chi connectivity index (χ2n) is 7.24. The van der Waals surface area contributed by atoms with Gasteiger partial charge >= 0.3 is 5.97 Å². The van der Waals surface area contributed by atoms with Crippen molar-refractivity contribution in [2.24, 2.45) is 0 Å². The number of rotatable bonds is 7. The van der Waals surface area contributed by atoms with E-state index in [0.29, 0.717) is 11.1 Å². The second kappa shape index (κ2) is 9.76. The zero-order chi connectivity index (χ0) is 23.5. The summed E-state index contributed by atoms with van der Waals surface area (Å²) in [6.07, 6.45) is 3.37. The summed E-state index contributed by atoms with van der Waals surface area (Å²) in [6.45, 7) is 1.73. The average molecular weight is 527 g/mol. The van der Waals surface area contributed by atoms with E-state index < -0.39 is 11.1 Å². The van der Waals surface area contributed by atoms with Gasteiger partial charge in [-0.05, 0) is 43.0 Å². The summed E-state index contributed by atoms with van der Waals surface area (Å²) in [7, 11) is 0. The predicted octanol–water partition coefficient (Wildman–Crippen LogP) is 4.89. The number of carbonyl (C=O) groups is 4. The van der Waals surface area contributed by atoms with Crippen LogP contribution >= 0.6 is 27.7 Å². The Hall–Kier alpha value is -3.17. The third-order valence-electron chi connectivity index (χ3n) is 5.04. The van der Waals surface area contributed by atoms with Gasteiger partial charge in [-0.15, -0.1) is 0 Å². The molecule has 2 amide bonds. The van der Waals surface area contributed by atoms with Crippen LogP contribution in [0, 0.1) is 0 Å². The van der Waals surface area contributed by atoms with E-state index in [4.69, 9.17) is 4.74 Å². The van der Waals surface area contributed by atoms with Crippen LogP contribution in [0.25, 0.3) is 17.0 Å². The molecule has 0 spiro atoms. The number of benzene rings is 2. The van der Waals surface area contributed by atoms with Gasteiger partial charge < -0.3 is 9.30 Å². The van der Waals surface area contributed by atoms with E-state index in [2.05, 4.69) is 15.9 Å². The highest BCUT2D eigenvalue weighted by molar-refractivity contribution is 9.10. The van der Waals surface area contributed by atoms with Crippen LogP contribution in [0.2, 0.25) is 0 Å². The number of thioether (sulfide) groups is 1. The van der Waals surface area contributed by atoms with Gasteiger partial charge in [0.25, 0.3) is 11.1 Å².